The van der Waals surface area contributed by atoms with Crippen LogP contribution in [0.2, 0.25) is 5.02 Å². The van der Waals surface area contributed by atoms with Crippen LogP contribution in [-0.2, 0) is 23.9 Å². The van der Waals surface area contributed by atoms with E-state index in [1.54, 1.807) is 11.0 Å². The number of ether oxygens (including phenoxy) is 4. The van der Waals surface area contributed by atoms with Crippen LogP contribution >= 0.6 is 23.4 Å². The lowest BCUT2D eigenvalue weighted by atomic mass is 10.1. The number of esters is 1. The van der Waals surface area contributed by atoms with Crippen molar-refractivity contribution >= 4 is 52.5 Å². The predicted octanol–water partition coefficient (Wildman–Crippen LogP) is 1.80. The Morgan fingerprint density at radius 1 is 1.22 bits per heavy atom. The van der Waals surface area contributed by atoms with Crippen LogP contribution in [0, 0.1) is 0 Å². The van der Waals surface area contributed by atoms with E-state index < -0.39 is 17.1 Å². The van der Waals surface area contributed by atoms with Gasteiger partial charge in [-0.15, -0.1) is 0 Å². The molecule has 2 saturated heterocycles. The zero-order chi connectivity index (χ0) is 23.3. The van der Waals surface area contributed by atoms with E-state index in [4.69, 9.17) is 25.8 Å². The maximum Gasteiger partial charge on any atom is 0.343 e. The minimum atomic E-state index is -0.590. The van der Waals surface area contributed by atoms with Gasteiger partial charge in [-0.05, 0) is 35.5 Å². The van der Waals surface area contributed by atoms with Crippen LogP contribution in [0.3, 0.4) is 0 Å². The van der Waals surface area contributed by atoms with Crippen LogP contribution in [0.5, 0.6) is 11.5 Å². The lowest BCUT2D eigenvalue weighted by Crippen LogP contribution is -2.46. The summed E-state index contributed by atoms with van der Waals surface area (Å²) in [6.45, 7) is 1.01. The maximum atomic E-state index is 12.7. The van der Waals surface area contributed by atoms with Crippen molar-refractivity contribution in [3.63, 3.8) is 0 Å². The number of carbonyl (C=O) groups is 4. The van der Waals surface area contributed by atoms with Gasteiger partial charge in [0.2, 0.25) is 5.91 Å². The van der Waals surface area contributed by atoms with E-state index in [1.807, 2.05) is 0 Å². The third kappa shape index (κ3) is 5.53. The van der Waals surface area contributed by atoms with E-state index >= 15 is 0 Å². The molecule has 0 radical (unpaired) electrons. The molecule has 12 heteroatoms. The number of nitrogens with zero attached hydrogens (tertiary/aromatic N) is 2. The molecule has 0 spiro atoms. The SMILES string of the molecule is COC(=O)COc1c(Cl)cc(/C=C2/SC(=O)N(CC(=O)N3CCOCC3)C2=O)cc1OC. The van der Waals surface area contributed by atoms with Gasteiger partial charge in [0, 0.05) is 13.1 Å². The summed E-state index contributed by atoms with van der Waals surface area (Å²) in [5, 5.41) is -0.389. The van der Waals surface area contributed by atoms with Crippen molar-refractivity contribution in [3.05, 3.63) is 27.6 Å². The van der Waals surface area contributed by atoms with Gasteiger partial charge in [-0.1, -0.05) is 11.6 Å². The fourth-order valence-corrected chi connectivity index (χ4v) is 4.10. The summed E-state index contributed by atoms with van der Waals surface area (Å²) >= 11 is 6.99. The molecule has 0 aliphatic carbocycles. The lowest BCUT2D eigenvalue weighted by molar-refractivity contribution is -0.143. The van der Waals surface area contributed by atoms with Crippen molar-refractivity contribution in [2.75, 3.05) is 53.7 Å². The number of thioether (sulfide) groups is 1. The van der Waals surface area contributed by atoms with E-state index in [0.717, 1.165) is 16.7 Å². The molecule has 2 aliphatic rings. The predicted molar refractivity (Wildman–Crippen MR) is 116 cm³/mol. The van der Waals surface area contributed by atoms with Crippen LogP contribution < -0.4 is 9.47 Å². The average Bonchev–Trinajstić information content (AvgIpc) is 3.05. The number of halogens is 1. The fraction of sp³-hybridized carbons (Fsp3) is 0.400. The van der Waals surface area contributed by atoms with Gasteiger partial charge in [0.1, 0.15) is 6.54 Å². The maximum absolute atomic E-state index is 12.7. The molecule has 2 fully saturated rings. The topological polar surface area (TPSA) is 112 Å². The molecule has 0 saturated carbocycles. The first kappa shape index (κ1) is 23.9. The van der Waals surface area contributed by atoms with Gasteiger partial charge in [-0.2, -0.15) is 0 Å². The molecular weight excluding hydrogens is 464 g/mol. The molecule has 1 aromatic rings. The second-order valence-electron chi connectivity index (χ2n) is 6.66. The first-order valence-electron chi connectivity index (χ1n) is 9.52. The van der Waals surface area contributed by atoms with E-state index in [1.165, 1.54) is 26.4 Å². The van der Waals surface area contributed by atoms with Crippen LogP contribution in [0.1, 0.15) is 5.56 Å². The van der Waals surface area contributed by atoms with E-state index in [-0.39, 0.29) is 40.5 Å². The number of hydrogen-bond donors (Lipinski definition) is 0. The van der Waals surface area contributed by atoms with E-state index in [0.29, 0.717) is 31.9 Å². The van der Waals surface area contributed by atoms with Gasteiger partial charge in [-0.25, -0.2) is 4.79 Å². The van der Waals surface area contributed by atoms with Crippen molar-refractivity contribution in [1.82, 2.24) is 9.80 Å². The van der Waals surface area contributed by atoms with Gasteiger partial charge >= 0.3 is 5.97 Å². The van der Waals surface area contributed by atoms with Crippen molar-refractivity contribution in [2.45, 2.75) is 0 Å². The molecule has 1 aromatic carbocycles. The number of amides is 3. The quantitative estimate of drug-likeness (QED) is 0.422. The molecule has 0 unspecified atom stereocenters. The Bertz CT molecular complexity index is 961. The Morgan fingerprint density at radius 2 is 1.94 bits per heavy atom. The summed E-state index contributed by atoms with van der Waals surface area (Å²) < 4.78 is 20.4. The van der Waals surface area contributed by atoms with Gasteiger partial charge in [0.15, 0.2) is 18.1 Å². The Kier molecular flexibility index (Phi) is 7.99. The third-order valence-corrected chi connectivity index (χ3v) is 5.83. The molecular formula is C20H21ClN2O8S. The largest absolute Gasteiger partial charge is 0.493 e. The zero-order valence-corrected chi connectivity index (χ0v) is 19.0. The van der Waals surface area contributed by atoms with Gasteiger partial charge in [0.25, 0.3) is 11.1 Å². The third-order valence-electron chi connectivity index (χ3n) is 4.64. The second kappa shape index (κ2) is 10.7. The lowest BCUT2D eigenvalue weighted by Gasteiger charge is -2.28. The first-order chi connectivity index (χ1) is 15.3. The Hall–Kier alpha value is -2.76. The highest BCUT2D eigenvalue weighted by atomic mass is 35.5. The number of rotatable bonds is 7. The number of imide groups is 1. The monoisotopic (exact) mass is 484 g/mol. The standard InChI is InChI=1S/C20H21ClN2O8S/c1-28-14-8-12(7-13(21)18(14)31-11-17(25)29-2)9-15-19(26)23(20(27)32-15)10-16(24)22-3-5-30-6-4-22/h7-9H,3-6,10-11H2,1-2H3/b15-9+. The average molecular weight is 485 g/mol. The smallest absolute Gasteiger partial charge is 0.343 e. The summed E-state index contributed by atoms with van der Waals surface area (Å²) in [7, 11) is 2.63. The molecule has 0 N–H and O–H groups in total. The van der Waals surface area contributed by atoms with Crippen molar-refractivity contribution in [3.8, 4) is 11.5 Å². The number of morpholine rings is 1. The summed E-state index contributed by atoms with van der Waals surface area (Å²) in [5.41, 5.74) is 0.474. The van der Waals surface area contributed by atoms with Crippen molar-refractivity contribution < 1.29 is 38.1 Å². The van der Waals surface area contributed by atoms with E-state index in [9.17, 15) is 19.2 Å². The molecule has 0 bridgehead atoms. The second-order valence-corrected chi connectivity index (χ2v) is 8.06. The van der Waals surface area contributed by atoms with Crippen LogP contribution in [0.4, 0.5) is 4.79 Å². The highest BCUT2D eigenvalue weighted by Crippen LogP contribution is 2.39. The molecule has 0 atom stereocenters. The molecule has 10 nitrogen and oxygen atoms in total. The molecule has 3 amide bonds. The summed E-state index contributed by atoms with van der Waals surface area (Å²) in [5.74, 6) is -1.10. The van der Waals surface area contributed by atoms with Crippen LogP contribution in [0.15, 0.2) is 17.0 Å². The van der Waals surface area contributed by atoms with Gasteiger partial charge in [0.05, 0.1) is 37.4 Å². The minimum Gasteiger partial charge on any atom is -0.493 e. The number of hydrogen-bond acceptors (Lipinski definition) is 9. The summed E-state index contributed by atoms with van der Waals surface area (Å²) in [4.78, 5) is 51.4. The molecule has 3 rings (SSSR count). The van der Waals surface area contributed by atoms with Gasteiger partial charge in [-0.3, -0.25) is 19.3 Å². The minimum absolute atomic E-state index is 0.140. The Labute approximate surface area is 193 Å². The zero-order valence-electron chi connectivity index (χ0n) is 17.4. The van der Waals surface area contributed by atoms with Crippen LogP contribution in [0.25, 0.3) is 6.08 Å². The summed E-state index contributed by atoms with van der Waals surface area (Å²) in [6.07, 6.45) is 1.47. The normalized spacial score (nSPS) is 17.7. The van der Waals surface area contributed by atoms with Crippen molar-refractivity contribution in [2.24, 2.45) is 0 Å². The number of carbonyl (C=O) groups excluding carboxylic acids is 4. The number of methoxy groups -OCH3 is 2. The van der Waals surface area contributed by atoms with Gasteiger partial charge < -0.3 is 23.8 Å². The highest BCUT2D eigenvalue weighted by Gasteiger charge is 2.37. The fourth-order valence-electron chi connectivity index (χ4n) is 2.99. The Balaban J connectivity index is 1.75. The molecule has 32 heavy (non-hydrogen) atoms. The molecule has 0 aromatic heterocycles. The molecule has 2 heterocycles. The van der Waals surface area contributed by atoms with E-state index in [2.05, 4.69) is 4.74 Å². The number of benzene rings is 1. The Morgan fingerprint density at radius 3 is 2.59 bits per heavy atom. The van der Waals surface area contributed by atoms with Crippen molar-refractivity contribution in [1.29, 1.82) is 0 Å². The van der Waals surface area contributed by atoms with Crippen LogP contribution in [-0.4, -0.2) is 86.5 Å². The summed E-state index contributed by atoms with van der Waals surface area (Å²) in [6, 6.07) is 3.05. The highest BCUT2D eigenvalue weighted by molar-refractivity contribution is 8.18. The molecule has 2 aliphatic heterocycles. The first-order valence-corrected chi connectivity index (χ1v) is 10.7. The molecule has 172 valence electrons.